The first kappa shape index (κ1) is 17.5. The molecule has 0 aromatic heterocycles. The summed E-state index contributed by atoms with van der Waals surface area (Å²) in [5.74, 6) is 2.68. The lowest BCUT2D eigenvalue weighted by Gasteiger charge is -2.27. The van der Waals surface area contributed by atoms with Gasteiger partial charge >= 0.3 is 0 Å². The quantitative estimate of drug-likeness (QED) is 0.826. The molecule has 0 spiro atoms. The van der Waals surface area contributed by atoms with Crippen LogP contribution in [0.15, 0.2) is 36.4 Å². The molecule has 0 radical (unpaired) electrons. The lowest BCUT2D eigenvalue weighted by atomic mass is 10.0. The Labute approximate surface area is 158 Å². The van der Waals surface area contributed by atoms with Crippen molar-refractivity contribution in [2.45, 2.75) is 18.9 Å². The number of hydrogen-bond donors (Lipinski definition) is 0. The van der Waals surface area contributed by atoms with Gasteiger partial charge in [0.15, 0.2) is 23.0 Å². The average Bonchev–Trinajstić information content (AvgIpc) is 3.22. The van der Waals surface area contributed by atoms with E-state index < -0.39 is 0 Å². The van der Waals surface area contributed by atoms with Crippen molar-refractivity contribution in [1.82, 2.24) is 4.90 Å². The molecule has 1 fully saturated rings. The zero-order valence-corrected chi connectivity index (χ0v) is 15.6. The summed E-state index contributed by atoms with van der Waals surface area (Å²) >= 11 is 0. The van der Waals surface area contributed by atoms with Crippen molar-refractivity contribution in [2.75, 3.05) is 34.0 Å². The van der Waals surface area contributed by atoms with E-state index in [-0.39, 0.29) is 11.9 Å². The molecule has 1 unspecified atom stereocenters. The summed E-state index contributed by atoms with van der Waals surface area (Å²) in [6, 6.07) is 11.3. The first-order valence-corrected chi connectivity index (χ1v) is 9.14. The van der Waals surface area contributed by atoms with Crippen LogP contribution >= 0.6 is 0 Å². The number of benzene rings is 2. The maximum atomic E-state index is 13.2. The highest BCUT2D eigenvalue weighted by Gasteiger charge is 2.31. The van der Waals surface area contributed by atoms with E-state index in [0.717, 1.165) is 36.4 Å². The van der Waals surface area contributed by atoms with Gasteiger partial charge in [-0.25, -0.2) is 0 Å². The normalized spacial score (nSPS) is 18.3. The number of hydrogen-bond acceptors (Lipinski definition) is 5. The molecular formula is C21H23NO5. The summed E-state index contributed by atoms with van der Waals surface area (Å²) in [6.07, 6.45) is 1.90. The fourth-order valence-corrected chi connectivity index (χ4v) is 3.76. The van der Waals surface area contributed by atoms with E-state index >= 15 is 0 Å². The molecule has 2 aliphatic heterocycles. The maximum absolute atomic E-state index is 13.2. The molecule has 0 aliphatic carbocycles. The number of fused-ring (bicyclic) bond motifs is 1. The van der Waals surface area contributed by atoms with Crippen LogP contribution in [-0.4, -0.2) is 44.8 Å². The van der Waals surface area contributed by atoms with E-state index in [4.69, 9.17) is 18.9 Å². The summed E-state index contributed by atoms with van der Waals surface area (Å²) < 4.78 is 21.9. The molecule has 2 aromatic rings. The molecule has 0 bridgehead atoms. The van der Waals surface area contributed by atoms with E-state index in [1.807, 2.05) is 23.1 Å². The predicted molar refractivity (Wildman–Crippen MR) is 100.0 cm³/mol. The molecule has 27 heavy (non-hydrogen) atoms. The standard InChI is InChI=1S/C21H23NO5/c1-24-17-7-6-15(13-19(17)25-2)21(23)22-9-3-4-16(22)14-5-8-18-20(12-14)27-11-10-26-18/h5-8,12-13,16H,3-4,9-11H2,1-2H3. The summed E-state index contributed by atoms with van der Waals surface area (Å²) in [6.45, 7) is 1.85. The Bertz CT molecular complexity index is 850. The van der Waals surface area contributed by atoms with Gasteiger partial charge in [-0.05, 0) is 48.7 Å². The molecule has 1 saturated heterocycles. The summed E-state index contributed by atoms with van der Waals surface area (Å²) in [7, 11) is 3.15. The topological polar surface area (TPSA) is 57.2 Å². The number of rotatable bonds is 4. The zero-order valence-electron chi connectivity index (χ0n) is 15.6. The van der Waals surface area contributed by atoms with Gasteiger partial charge < -0.3 is 23.8 Å². The number of carbonyl (C=O) groups excluding carboxylic acids is 1. The van der Waals surface area contributed by atoms with Gasteiger partial charge in [0.2, 0.25) is 0 Å². The van der Waals surface area contributed by atoms with E-state index in [1.54, 1.807) is 32.4 Å². The van der Waals surface area contributed by atoms with E-state index in [0.29, 0.717) is 30.3 Å². The van der Waals surface area contributed by atoms with Gasteiger partial charge in [0, 0.05) is 12.1 Å². The summed E-state index contributed by atoms with van der Waals surface area (Å²) in [5, 5.41) is 0. The Hall–Kier alpha value is -2.89. The summed E-state index contributed by atoms with van der Waals surface area (Å²) in [4.78, 5) is 15.1. The molecule has 6 nitrogen and oxygen atoms in total. The van der Waals surface area contributed by atoms with Gasteiger partial charge in [0.25, 0.3) is 5.91 Å². The van der Waals surface area contributed by atoms with Gasteiger partial charge in [-0.1, -0.05) is 6.07 Å². The van der Waals surface area contributed by atoms with Crippen LogP contribution in [0.25, 0.3) is 0 Å². The van der Waals surface area contributed by atoms with Gasteiger partial charge in [-0.3, -0.25) is 4.79 Å². The molecule has 1 amide bonds. The number of carbonyl (C=O) groups is 1. The minimum atomic E-state index is -0.00616. The van der Waals surface area contributed by atoms with Crippen LogP contribution in [0.3, 0.4) is 0 Å². The minimum absolute atomic E-state index is 0.00616. The first-order valence-electron chi connectivity index (χ1n) is 9.14. The molecule has 4 rings (SSSR count). The van der Waals surface area contributed by atoms with Gasteiger partial charge in [0.1, 0.15) is 13.2 Å². The Kier molecular flexibility index (Phi) is 4.79. The van der Waals surface area contributed by atoms with Crippen molar-refractivity contribution in [3.8, 4) is 23.0 Å². The first-order chi connectivity index (χ1) is 13.2. The smallest absolute Gasteiger partial charge is 0.254 e. The van der Waals surface area contributed by atoms with Crippen LogP contribution < -0.4 is 18.9 Å². The highest BCUT2D eigenvalue weighted by Crippen LogP contribution is 2.39. The Balaban J connectivity index is 1.60. The fraction of sp³-hybridized carbons (Fsp3) is 0.381. The minimum Gasteiger partial charge on any atom is -0.493 e. The van der Waals surface area contributed by atoms with E-state index in [9.17, 15) is 4.79 Å². The molecule has 2 aromatic carbocycles. The van der Waals surface area contributed by atoms with Crippen LogP contribution in [0.2, 0.25) is 0 Å². The lowest BCUT2D eigenvalue weighted by molar-refractivity contribution is 0.0734. The SMILES string of the molecule is COc1ccc(C(=O)N2CCCC2c2ccc3c(c2)OCCO3)cc1OC. The average molecular weight is 369 g/mol. The maximum Gasteiger partial charge on any atom is 0.254 e. The third kappa shape index (κ3) is 3.27. The zero-order chi connectivity index (χ0) is 18.8. The molecule has 142 valence electrons. The van der Waals surface area contributed by atoms with Crippen LogP contribution in [-0.2, 0) is 0 Å². The molecule has 6 heteroatoms. The largest absolute Gasteiger partial charge is 0.493 e. The lowest BCUT2D eigenvalue weighted by Crippen LogP contribution is -2.30. The molecule has 0 saturated carbocycles. The number of methoxy groups -OCH3 is 2. The molecule has 1 atom stereocenters. The van der Waals surface area contributed by atoms with Gasteiger partial charge in [0.05, 0.1) is 20.3 Å². The van der Waals surface area contributed by atoms with E-state index in [1.165, 1.54) is 0 Å². The van der Waals surface area contributed by atoms with Crippen molar-refractivity contribution >= 4 is 5.91 Å². The summed E-state index contributed by atoms with van der Waals surface area (Å²) in [5.41, 5.74) is 1.67. The van der Waals surface area contributed by atoms with Crippen molar-refractivity contribution in [1.29, 1.82) is 0 Å². The van der Waals surface area contributed by atoms with Crippen molar-refractivity contribution in [2.24, 2.45) is 0 Å². The third-order valence-electron chi connectivity index (χ3n) is 5.10. The number of amides is 1. The highest BCUT2D eigenvalue weighted by molar-refractivity contribution is 5.95. The third-order valence-corrected chi connectivity index (χ3v) is 5.10. The second-order valence-electron chi connectivity index (χ2n) is 6.63. The van der Waals surface area contributed by atoms with Crippen LogP contribution in [0.1, 0.15) is 34.8 Å². The molecular weight excluding hydrogens is 346 g/mol. The van der Waals surface area contributed by atoms with Crippen LogP contribution in [0.4, 0.5) is 0 Å². The van der Waals surface area contributed by atoms with E-state index in [2.05, 4.69) is 0 Å². The van der Waals surface area contributed by atoms with Crippen LogP contribution in [0.5, 0.6) is 23.0 Å². The Morgan fingerprint density at radius 1 is 1.00 bits per heavy atom. The Morgan fingerprint density at radius 2 is 1.78 bits per heavy atom. The number of ether oxygens (including phenoxy) is 4. The van der Waals surface area contributed by atoms with Crippen LogP contribution in [0, 0.1) is 0 Å². The monoisotopic (exact) mass is 369 g/mol. The highest BCUT2D eigenvalue weighted by atomic mass is 16.6. The fourth-order valence-electron chi connectivity index (χ4n) is 3.76. The van der Waals surface area contributed by atoms with Crippen molar-refractivity contribution in [3.05, 3.63) is 47.5 Å². The number of likely N-dealkylation sites (tertiary alicyclic amines) is 1. The molecule has 2 aliphatic rings. The second kappa shape index (κ2) is 7.39. The predicted octanol–water partition coefficient (Wildman–Crippen LogP) is 3.45. The number of nitrogens with zero attached hydrogens (tertiary/aromatic N) is 1. The molecule has 0 N–H and O–H groups in total. The van der Waals surface area contributed by atoms with Crippen molar-refractivity contribution in [3.63, 3.8) is 0 Å². The van der Waals surface area contributed by atoms with Crippen molar-refractivity contribution < 1.29 is 23.7 Å². The van der Waals surface area contributed by atoms with Gasteiger partial charge in [-0.15, -0.1) is 0 Å². The van der Waals surface area contributed by atoms with Gasteiger partial charge in [-0.2, -0.15) is 0 Å². The molecule has 2 heterocycles. The second-order valence-corrected chi connectivity index (χ2v) is 6.63. The Morgan fingerprint density at radius 3 is 2.56 bits per heavy atom.